The summed E-state index contributed by atoms with van der Waals surface area (Å²) in [5.41, 5.74) is -0.0554. The molecule has 0 bridgehead atoms. The number of ether oxygens (including phenoxy) is 2. The van der Waals surface area contributed by atoms with Crippen molar-refractivity contribution >= 4 is 23.3 Å². The molecule has 0 atom stereocenters. The second-order valence-electron chi connectivity index (χ2n) is 5.13. The molecular formula is C18H18N2O6. The van der Waals surface area contributed by atoms with Gasteiger partial charge in [0.1, 0.15) is 5.75 Å². The molecule has 0 aliphatic carbocycles. The first-order valence-corrected chi connectivity index (χ1v) is 7.96. The third-order valence-electron chi connectivity index (χ3n) is 3.34. The largest absolute Gasteiger partial charge is 0.492 e. The van der Waals surface area contributed by atoms with Crippen LogP contribution in [-0.4, -0.2) is 30.0 Å². The fourth-order valence-corrected chi connectivity index (χ4v) is 2.23. The second-order valence-corrected chi connectivity index (χ2v) is 5.13. The number of benzene rings is 2. The number of rotatable bonds is 7. The van der Waals surface area contributed by atoms with Crippen molar-refractivity contribution in [2.75, 3.05) is 18.5 Å². The molecule has 0 radical (unpaired) electrons. The van der Waals surface area contributed by atoms with Crippen molar-refractivity contribution in [2.45, 2.75) is 13.8 Å². The van der Waals surface area contributed by atoms with E-state index in [0.29, 0.717) is 18.0 Å². The number of amides is 1. The van der Waals surface area contributed by atoms with E-state index in [2.05, 4.69) is 5.32 Å². The molecule has 8 heteroatoms. The van der Waals surface area contributed by atoms with Gasteiger partial charge in [-0.1, -0.05) is 12.1 Å². The van der Waals surface area contributed by atoms with E-state index in [9.17, 15) is 19.7 Å². The minimum absolute atomic E-state index is 0.0337. The number of nitro groups is 1. The van der Waals surface area contributed by atoms with Crippen molar-refractivity contribution in [1.29, 1.82) is 0 Å². The van der Waals surface area contributed by atoms with Crippen molar-refractivity contribution in [3.05, 3.63) is 63.7 Å². The van der Waals surface area contributed by atoms with Crippen molar-refractivity contribution < 1.29 is 24.0 Å². The third-order valence-corrected chi connectivity index (χ3v) is 3.34. The van der Waals surface area contributed by atoms with Crippen molar-refractivity contribution in [3.63, 3.8) is 0 Å². The highest BCUT2D eigenvalue weighted by Gasteiger charge is 2.19. The quantitative estimate of drug-likeness (QED) is 0.461. The van der Waals surface area contributed by atoms with E-state index in [-0.39, 0.29) is 23.4 Å². The van der Waals surface area contributed by atoms with E-state index in [1.807, 2.05) is 6.92 Å². The summed E-state index contributed by atoms with van der Waals surface area (Å²) in [7, 11) is 0. The van der Waals surface area contributed by atoms with Gasteiger partial charge in [-0.3, -0.25) is 14.9 Å². The van der Waals surface area contributed by atoms with E-state index in [0.717, 1.165) is 12.1 Å². The minimum Gasteiger partial charge on any atom is -0.492 e. The predicted molar refractivity (Wildman–Crippen MR) is 94.6 cm³/mol. The molecule has 1 N–H and O–H groups in total. The normalized spacial score (nSPS) is 10.1. The lowest BCUT2D eigenvalue weighted by Gasteiger charge is -2.11. The van der Waals surface area contributed by atoms with E-state index in [1.165, 1.54) is 6.07 Å². The van der Waals surface area contributed by atoms with E-state index >= 15 is 0 Å². The maximum Gasteiger partial charge on any atom is 0.338 e. The number of carbonyl (C=O) groups is 2. The lowest BCUT2D eigenvalue weighted by atomic mass is 10.1. The molecule has 0 fully saturated rings. The Kier molecular flexibility index (Phi) is 6.26. The number of anilines is 1. The van der Waals surface area contributed by atoms with Gasteiger partial charge >= 0.3 is 5.97 Å². The number of hydrogen-bond acceptors (Lipinski definition) is 6. The highest BCUT2D eigenvalue weighted by Crippen LogP contribution is 2.25. The van der Waals surface area contributed by atoms with Gasteiger partial charge in [0, 0.05) is 17.7 Å². The van der Waals surface area contributed by atoms with Crippen LogP contribution in [0.3, 0.4) is 0 Å². The highest BCUT2D eigenvalue weighted by molar-refractivity contribution is 6.06. The molecule has 2 aromatic rings. The van der Waals surface area contributed by atoms with Gasteiger partial charge in [-0.25, -0.2) is 4.79 Å². The standard InChI is InChI=1S/C18H18N2O6/c1-3-25-16-8-6-5-7-15(16)19-17(21)12-9-13(18(22)26-4-2)11-14(10-12)20(23)24/h5-11H,3-4H2,1-2H3,(H,19,21). The molecule has 2 aromatic carbocycles. The summed E-state index contributed by atoms with van der Waals surface area (Å²) in [6, 6.07) is 10.2. The van der Waals surface area contributed by atoms with Crippen LogP contribution in [0.5, 0.6) is 5.75 Å². The van der Waals surface area contributed by atoms with Crippen LogP contribution < -0.4 is 10.1 Å². The number of nitrogens with zero attached hydrogens (tertiary/aromatic N) is 1. The minimum atomic E-state index is -0.736. The summed E-state index contributed by atoms with van der Waals surface area (Å²) in [6.07, 6.45) is 0. The number of nitro benzene ring substituents is 1. The van der Waals surface area contributed by atoms with Crippen molar-refractivity contribution in [2.24, 2.45) is 0 Å². The zero-order chi connectivity index (χ0) is 19.1. The molecule has 136 valence electrons. The predicted octanol–water partition coefficient (Wildman–Crippen LogP) is 3.42. The average Bonchev–Trinajstić information content (AvgIpc) is 2.63. The van der Waals surface area contributed by atoms with Crippen molar-refractivity contribution in [1.82, 2.24) is 0 Å². The van der Waals surface area contributed by atoms with Gasteiger partial charge in [-0.15, -0.1) is 0 Å². The monoisotopic (exact) mass is 358 g/mol. The Hall–Kier alpha value is -3.42. The molecule has 1 amide bonds. The molecule has 0 aromatic heterocycles. The Labute approximate surface area is 149 Å². The summed E-state index contributed by atoms with van der Waals surface area (Å²) in [5.74, 6) is -0.870. The smallest absolute Gasteiger partial charge is 0.338 e. The lowest BCUT2D eigenvalue weighted by Crippen LogP contribution is -2.15. The van der Waals surface area contributed by atoms with Crippen LogP contribution in [-0.2, 0) is 4.74 Å². The number of carbonyl (C=O) groups excluding carboxylic acids is 2. The zero-order valence-corrected chi connectivity index (χ0v) is 14.4. The van der Waals surface area contributed by atoms with Crippen LogP contribution in [0.4, 0.5) is 11.4 Å². The zero-order valence-electron chi connectivity index (χ0n) is 14.4. The Morgan fingerprint density at radius 3 is 2.42 bits per heavy atom. The van der Waals surface area contributed by atoms with Crippen LogP contribution in [0, 0.1) is 10.1 Å². The highest BCUT2D eigenvalue weighted by atomic mass is 16.6. The maximum absolute atomic E-state index is 12.5. The first-order valence-electron chi connectivity index (χ1n) is 7.96. The number of nitrogens with one attached hydrogen (secondary N) is 1. The van der Waals surface area contributed by atoms with Gasteiger partial charge in [0.25, 0.3) is 11.6 Å². The van der Waals surface area contributed by atoms with Gasteiger partial charge in [-0.2, -0.15) is 0 Å². The summed E-state index contributed by atoms with van der Waals surface area (Å²) in [5, 5.41) is 13.7. The van der Waals surface area contributed by atoms with Gasteiger partial charge in [0.2, 0.25) is 0 Å². The average molecular weight is 358 g/mol. The fraction of sp³-hybridized carbons (Fsp3) is 0.222. The number of non-ortho nitro benzene ring substituents is 1. The Morgan fingerprint density at radius 1 is 1.08 bits per heavy atom. The Bertz CT molecular complexity index is 834. The number of hydrogen-bond donors (Lipinski definition) is 1. The molecule has 8 nitrogen and oxygen atoms in total. The summed E-state index contributed by atoms with van der Waals surface area (Å²) in [6.45, 7) is 3.96. The van der Waals surface area contributed by atoms with E-state index < -0.39 is 16.8 Å². The summed E-state index contributed by atoms with van der Waals surface area (Å²) in [4.78, 5) is 34.9. The molecule has 0 saturated heterocycles. The summed E-state index contributed by atoms with van der Waals surface area (Å²) < 4.78 is 10.3. The SMILES string of the molecule is CCOC(=O)c1cc(C(=O)Nc2ccccc2OCC)cc([N+](=O)[O-])c1. The van der Waals surface area contributed by atoms with Gasteiger partial charge < -0.3 is 14.8 Å². The van der Waals surface area contributed by atoms with E-state index in [4.69, 9.17) is 9.47 Å². The Balaban J connectivity index is 2.36. The third kappa shape index (κ3) is 4.56. The van der Waals surface area contributed by atoms with Crippen LogP contribution >= 0.6 is 0 Å². The van der Waals surface area contributed by atoms with E-state index in [1.54, 1.807) is 31.2 Å². The molecule has 0 spiro atoms. The maximum atomic E-state index is 12.5. The van der Waals surface area contributed by atoms with Crippen LogP contribution in [0.2, 0.25) is 0 Å². The molecule has 0 unspecified atom stereocenters. The lowest BCUT2D eigenvalue weighted by molar-refractivity contribution is -0.384. The molecule has 0 saturated carbocycles. The van der Waals surface area contributed by atoms with Crippen LogP contribution in [0.1, 0.15) is 34.6 Å². The molecule has 0 aliphatic heterocycles. The van der Waals surface area contributed by atoms with Crippen LogP contribution in [0.15, 0.2) is 42.5 Å². The van der Waals surface area contributed by atoms with Crippen LogP contribution in [0.25, 0.3) is 0 Å². The molecular weight excluding hydrogens is 340 g/mol. The second kappa shape index (κ2) is 8.61. The Morgan fingerprint density at radius 2 is 1.77 bits per heavy atom. The first-order chi connectivity index (χ1) is 12.5. The topological polar surface area (TPSA) is 108 Å². The molecule has 2 rings (SSSR count). The van der Waals surface area contributed by atoms with Gasteiger partial charge in [0.15, 0.2) is 0 Å². The fourth-order valence-electron chi connectivity index (χ4n) is 2.23. The first kappa shape index (κ1) is 18.9. The number of para-hydroxylation sites is 2. The molecule has 0 aliphatic rings. The van der Waals surface area contributed by atoms with Gasteiger partial charge in [0.05, 0.1) is 29.4 Å². The molecule has 26 heavy (non-hydrogen) atoms. The summed E-state index contributed by atoms with van der Waals surface area (Å²) >= 11 is 0. The molecule has 0 heterocycles. The van der Waals surface area contributed by atoms with Crippen molar-refractivity contribution in [3.8, 4) is 5.75 Å². The number of esters is 1. The van der Waals surface area contributed by atoms with Gasteiger partial charge in [-0.05, 0) is 32.0 Å².